The van der Waals surface area contributed by atoms with Gasteiger partial charge in [0, 0.05) is 29.2 Å². The summed E-state index contributed by atoms with van der Waals surface area (Å²) >= 11 is 0. The number of nitrogens with zero attached hydrogens (tertiary/aromatic N) is 3. The monoisotopic (exact) mass is 630 g/mol. The Morgan fingerprint density at radius 2 is 1.56 bits per heavy atom. The van der Waals surface area contributed by atoms with Crippen LogP contribution in [0.15, 0.2) is 77.0 Å². The summed E-state index contributed by atoms with van der Waals surface area (Å²) in [5, 5.41) is 0.0465. The van der Waals surface area contributed by atoms with Crippen LogP contribution in [0.1, 0.15) is 62.2 Å². The molecule has 0 aliphatic heterocycles. The summed E-state index contributed by atoms with van der Waals surface area (Å²) in [6.07, 6.45) is 12.3. The molecule has 2 heterocycles. The zero-order valence-corrected chi connectivity index (χ0v) is 25.2. The quantitative estimate of drug-likeness (QED) is 0.182. The molecule has 0 saturated heterocycles. The topological polar surface area (TPSA) is 192 Å². The van der Waals surface area contributed by atoms with Crippen molar-refractivity contribution >= 4 is 42.8 Å². The van der Waals surface area contributed by atoms with Crippen molar-refractivity contribution in [2.75, 3.05) is 12.3 Å². The molecule has 1 saturated carbocycles. The van der Waals surface area contributed by atoms with Crippen molar-refractivity contribution in [3.8, 4) is 0 Å². The fraction of sp³-hybridized carbons (Fsp3) is 0.345. The van der Waals surface area contributed by atoms with Crippen molar-refractivity contribution in [1.82, 2.24) is 14.5 Å². The lowest BCUT2D eigenvalue weighted by Crippen LogP contribution is -2.19. The van der Waals surface area contributed by atoms with Gasteiger partial charge in [-0.15, -0.1) is 0 Å². The highest BCUT2D eigenvalue weighted by Crippen LogP contribution is 2.30. The third-order valence-electron chi connectivity index (χ3n) is 7.23. The minimum absolute atomic E-state index is 0.0233. The van der Waals surface area contributed by atoms with E-state index in [1.807, 2.05) is 25.5 Å². The maximum Gasteiger partial charge on any atom is 0.315 e. The normalized spacial score (nSPS) is 15.0. The smallest absolute Gasteiger partial charge is 0.315 e. The van der Waals surface area contributed by atoms with Gasteiger partial charge < -0.3 is 15.0 Å². The van der Waals surface area contributed by atoms with E-state index < -0.39 is 35.9 Å². The molecule has 0 bridgehead atoms. The Labute approximate surface area is 250 Å². The second kappa shape index (κ2) is 13.6. The van der Waals surface area contributed by atoms with Gasteiger partial charge in [-0.05, 0) is 49.9 Å². The van der Waals surface area contributed by atoms with Crippen molar-refractivity contribution in [3.63, 3.8) is 0 Å². The number of rotatable bonds is 8. The Morgan fingerprint density at radius 1 is 0.953 bits per heavy atom. The zero-order valence-electron chi connectivity index (χ0n) is 23.5. The number of carbonyl (C=O) groups excluding carboxylic acids is 1. The first-order chi connectivity index (χ1) is 20.4. The van der Waals surface area contributed by atoms with Gasteiger partial charge >= 0.3 is 5.97 Å². The lowest BCUT2D eigenvalue weighted by atomic mass is 9.95. The van der Waals surface area contributed by atoms with Gasteiger partial charge in [-0.1, -0.05) is 49.6 Å². The summed E-state index contributed by atoms with van der Waals surface area (Å²) < 4.78 is 70.1. The van der Waals surface area contributed by atoms with E-state index in [4.69, 9.17) is 19.6 Å². The number of carbonyl (C=O) groups is 1. The zero-order chi connectivity index (χ0) is 31.2. The SMILES string of the molecule is CCOC(=O)[C@@H](Cc1ccc(N)nc1)c1cn(C2CCCCC2)cn1.O=S(=O)(O)c1cccc2c(S(=O)(=O)O)cccc12. The fourth-order valence-electron chi connectivity index (χ4n) is 5.16. The van der Waals surface area contributed by atoms with Crippen LogP contribution in [0, 0.1) is 0 Å². The summed E-state index contributed by atoms with van der Waals surface area (Å²) in [4.78, 5) is 20.3. The summed E-state index contributed by atoms with van der Waals surface area (Å²) in [5.74, 6) is -0.193. The summed E-state index contributed by atoms with van der Waals surface area (Å²) in [6.45, 7) is 2.18. The average molecular weight is 631 g/mol. The number of anilines is 1. The van der Waals surface area contributed by atoms with E-state index in [2.05, 4.69) is 14.5 Å². The first-order valence-electron chi connectivity index (χ1n) is 13.8. The Morgan fingerprint density at radius 3 is 2.07 bits per heavy atom. The van der Waals surface area contributed by atoms with Gasteiger partial charge in [0.15, 0.2) is 0 Å². The Hall–Kier alpha value is -3.85. The highest BCUT2D eigenvalue weighted by molar-refractivity contribution is 7.86. The molecule has 1 aliphatic rings. The van der Waals surface area contributed by atoms with Crippen molar-refractivity contribution in [3.05, 3.63) is 78.5 Å². The molecule has 1 atom stereocenters. The van der Waals surface area contributed by atoms with E-state index in [1.54, 1.807) is 12.3 Å². The summed E-state index contributed by atoms with van der Waals surface area (Å²) in [6, 6.07) is 11.7. The number of esters is 1. The van der Waals surface area contributed by atoms with Crippen molar-refractivity contribution in [1.29, 1.82) is 0 Å². The van der Waals surface area contributed by atoms with Gasteiger partial charge in [-0.25, -0.2) is 9.97 Å². The van der Waals surface area contributed by atoms with Gasteiger partial charge in [0.2, 0.25) is 0 Å². The maximum absolute atomic E-state index is 12.5. The average Bonchev–Trinajstić information content (AvgIpc) is 3.46. The highest BCUT2D eigenvalue weighted by Gasteiger charge is 2.26. The maximum atomic E-state index is 12.5. The molecule has 0 unspecified atom stereocenters. The molecule has 230 valence electrons. The van der Waals surface area contributed by atoms with Gasteiger partial charge in [-0.3, -0.25) is 13.9 Å². The molecule has 12 nitrogen and oxygen atoms in total. The van der Waals surface area contributed by atoms with E-state index in [0.29, 0.717) is 24.9 Å². The highest BCUT2D eigenvalue weighted by atomic mass is 32.2. The number of imidazole rings is 1. The molecule has 4 N–H and O–H groups in total. The van der Waals surface area contributed by atoms with Crippen LogP contribution in [0.4, 0.5) is 5.82 Å². The third-order valence-corrected chi connectivity index (χ3v) is 9.05. The van der Waals surface area contributed by atoms with Gasteiger partial charge in [0.25, 0.3) is 20.2 Å². The van der Waals surface area contributed by atoms with Crippen LogP contribution < -0.4 is 5.73 Å². The lowest BCUT2D eigenvalue weighted by molar-refractivity contribution is -0.145. The van der Waals surface area contributed by atoms with E-state index in [1.165, 1.54) is 56.4 Å². The number of nitrogen functional groups attached to an aromatic ring is 1. The second-order valence-corrected chi connectivity index (χ2v) is 13.0. The largest absolute Gasteiger partial charge is 0.465 e. The van der Waals surface area contributed by atoms with Crippen LogP contribution in [-0.2, 0) is 36.2 Å². The summed E-state index contributed by atoms with van der Waals surface area (Å²) in [7, 11) is -8.94. The molecule has 0 spiro atoms. The third kappa shape index (κ3) is 8.16. The van der Waals surface area contributed by atoms with E-state index in [9.17, 15) is 21.6 Å². The van der Waals surface area contributed by atoms with Crippen molar-refractivity contribution in [2.45, 2.75) is 67.2 Å². The van der Waals surface area contributed by atoms with Crippen LogP contribution >= 0.6 is 0 Å². The molecule has 1 aliphatic carbocycles. The fourth-order valence-corrected chi connectivity index (χ4v) is 6.57. The molecule has 4 aromatic rings. The Kier molecular flexibility index (Phi) is 10.2. The first-order valence-corrected chi connectivity index (χ1v) is 16.6. The molecular formula is C29H34N4O8S2. The summed E-state index contributed by atoms with van der Waals surface area (Å²) in [5.41, 5.74) is 7.35. The molecule has 2 aromatic heterocycles. The van der Waals surface area contributed by atoms with Crippen LogP contribution in [0.5, 0.6) is 0 Å². The minimum atomic E-state index is -4.47. The van der Waals surface area contributed by atoms with Crippen LogP contribution in [0.2, 0.25) is 0 Å². The first kappa shape index (κ1) is 32.1. The minimum Gasteiger partial charge on any atom is -0.465 e. The van der Waals surface area contributed by atoms with E-state index in [0.717, 1.165) is 23.4 Å². The molecule has 14 heteroatoms. The number of hydrogen-bond acceptors (Lipinski definition) is 9. The van der Waals surface area contributed by atoms with Crippen LogP contribution in [-0.4, -0.2) is 53.1 Å². The number of hydrogen-bond donors (Lipinski definition) is 3. The van der Waals surface area contributed by atoms with Gasteiger partial charge in [0.1, 0.15) is 21.5 Å². The molecule has 0 amide bonds. The van der Waals surface area contributed by atoms with E-state index in [-0.39, 0.29) is 16.7 Å². The predicted molar refractivity (Wildman–Crippen MR) is 160 cm³/mol. The van der Waals surface area contributed by atoms with Crippen molar-refractivity contribution < 1.29 is 35.5 Å². The number of pyridine rings is 1. The number of fused-ring (bicyclic) bond motifs is 1. The van der Waals surface area contributed by atoms with Crippen molar-refractivity contribution in [2.24, 2.45) is 0 Å². The lowest BCUT2D eigenvalue weighted by Gasteiger charge is -2.22. The number of aromatic nitrogens is 3. The van der Waals surface area contributed by atoms with Crippen LogP contribution in [0.3, 0.4) is 0 Å². The number of benzene rings is 2. The van der Waals surface area contributed by atoms with E-state index >= 15 is 0 Å². The Balaban J connectivity index is 0.000000208. The standard InChI is InChI=1S/C19H26N4O2.C10H8O6S2/c1-2-25-19(24)16(10-14-8-9-18(20)21-11-14)17-12-23(13-22-17)15-6-4-3-5-7-15;11-17(12,13)9-5-1-3-7-8(9)4-2-6-10(7)18(14,15)16/h8-9,11-13,15-16H,2-7,10H2,1H3,(H2,20,21);1-6H,(H,11,12,13)(H,14,15,16)/t16-;/m0./s1. The second-order valence-electron chi connectivity index (χ2n) is 10.2. The molecule has 5 rings (SSSR count). The molecule has 2 aromatic carbocycles. The predicted octanol–water partition coefficient (Wildman–Crippen LogP) is 4.59. The molecule has 0 radical (unpaired) electrons. The molecule has 1 fully saturated rings. The molecular weight excluding hydrogens is 596 g/mol. The van der Waals surface area contributed by atoms with Gasteiger partial charge in [0.05, 0.1) is 18.6 Å². The Bertz CT molecular complexity index is 1710. The number of ether oxygens (including phenoxy) is 1. The van der Waals surface area contributed by atoms with Gasteiger partial charge in [-0.2, -0.15) is 16.8 Å². The van der Waals surface area contributed by atoms with Crippen LogP contribution in [0.25, 0.3) is 10.8 Å². The number of nitrogens with two attached hydrogens (primary N) is 1. The molecule has 43 heavy (non-hydrogen) atoms.